The van der Waals surface area contributed by atoms with Crippen molar-refractivity contribution < 1.29 is 19.0 Å². The summed E-state index contributed by atoms with van der Waals surface area (Å²) in [4.78, 5) is 12.1. The molecule has 0 radical (unpaired) electrons. The van der Waals surface area contributed by atoms with Gasteiger partial charge in [0.25, 0.3) is 5.91 Å². The van der Waals surface area contributed by atoms with Gasteiger partial charge in [-0.1, -0.05) is 30.3 Å². The van der Waals surface area contributed by atoms with E-state index < -0.39 is 17.3 Å². The highest BCUT2D eigenvalue weighted by Gasteiger charge is 2.23. The Hall–Kier alpha value is -2.40. The second-order valence-corrected chi connectivity index (χ2v) is 5.17. The maximum absolute atomic E-state index is 13.3. The monoisotopic (exact) mass is 303 g/mol. The third-order valence-corrected chi connectivity index (χ3v) is 3.40. The van der Waals surface area contributed by atoms with Gasteiger partial charge in [0.2, 0.25) is 0 Å². The van der Waals surface area contributed by atoms with Crippen LogP contribution in [0.1, 0.15) is 22.8 Å². The van der Waals surface area contributed by atoms with Crippen molar-refractivity contribution in [3.63, 3.8) is 0 Å². The first kappa shape index (κ1) is 16.0. The highest BCUT2D eigenvalue weighted by Crippen LogP contribution is 2.20. The van der Waals surface area contributed by atoms with Crippen LogP contribution in [0.4, 0.5) is 4.39 Å². The maximum atomic E-state index is 13.3. The van der Waals surface area contributed by atoms with Crippen LogP contribution in [-0.4, -0.2) is 24.7 Å². The normalized spacial score (nSPS) is 13.3. The topological polar surface area (TPSA) is 58.6 Å². The second-order valence-electron chi connectivity index (χ2n) is 5.17. The molecule has 2 aromatic carbocycles. The molecular weight excluding hydrogens is 285 g/mol. The Kier molecular flexibility index (Phi) is 4.78. The van der Waals surface area contributed by atoms with Crippen LogP contribution in [0.15, 0.2) is 48.5 Å². The molecule has 0 aliphatic heterocycles. The molecule has 116 valence electrons. The summed E-state index contributed by atoms with van der Waals surface area (Å²) >= 11 is 0. The molecule has 0 saturated carbocycles. The molecule has 1 atom stereocenters. The number of nitrogens with one attached hydrogen (secondary N) is 1. The number of halogens is 1. The molecule has 0 aliphatic carbocycles. The number of hydrogen-bond donors (Lipinski definition) is 2. The summed E-state index contributed by atoms with van der Waals surface area (Å²) < 4.78 is 18.2. The van der Waals surface area contributed by atoms with E-state index >= 15 is 0 Å². The van der Waals surface area contributed by atoms with Crippen LogP contribution >= 0.6 is 0 Å². The fourth-order valence-corrected chi connectivity index (χ4v) is 2.05. The number of amides is 1. The van der Waals surface area contributed by atoms with Crippen LogP contribution in [0, 0.1) is 5.82 Å². The van der Waals surface area contributed by atoms with Crippen LogP contribution in [0.3, 0.4) is 0 Å². The molecule has 2 aromatic rings. The minimum absolute atomic E-state index is 0.00229. The molecule has 1 unspecified atom stereocenters. The molecule has 0 saturated heterocycles. The second kappa shape index (κ2) is 6.58. The van der Waals surface area contributed by atoms with Crippen LogP contribution in [0.2, 0.25) is 0 Å². The molecule has 5 heteroatoms. The van der Waals surface area contributed by atoms with Crippen molar-refractivity contribution in [1.82, 2.24) is 5.32 Å². The van der Waals surface area contributed by atoms with E-state index in [0.29, 0.717) is 5.56 Å². The van der Waals surface area contributed by atoms with Gasteiger partial charge in [0.15, 0.2) is 11.6 Å². The van der Waals surface area contributed by atoms with Crippen molar-refractivity contribution in [1.29, 1.82) is 0 Å². The molecule has 0 aromatic heterocycles. The lowest BCUT2D eigenvalue weighted by atomic mass is 9.96. The molecule has 0 fully saturated rings. The molecule has 1 amide bonds. The minimum atomic E-state index is -1.19. The molecule has 0 heterocycles. The first-order valence-electron chi connectivity index (χ1n) is 6.83. The van der Waals surface area contributed by atoms with Gasteiger partial charge in [0.1, 0.15) is 5.60 Å². The van der Waals surface area contributed by atoms with Crippen molar-refractivity contribution in [3.8, 4) is 5.75 Å². The van der Waals surface area contributed by atoms with Crippen molar-refractivity contribution in [2.24, 2.45) is 0 Å². The van der Waals surface area contributed by atoms with Crippen molar-refractivity contribution in [2.45, 2.75) is 12.5 Å². The van der Waals surface area contributed by atoms with Gasteiger partial charge < -0.3 is 15.2 Å². The van der Waals surface area contributed by atoms with E-state index in [4.69, 9.17) is 4.74 Å². The minimum Gasteiger partial charge on any atom is -0.494 e. The Morgan fingerprint density at radius 2 is 1.95 bits per heavy atom. The highest BCUT2D eigenvalue weighted by molar-refractivity contribution is 5.94. The lowest BCUT2D eigenvalue weighted by Crippen LogP contribution is -2.38. The van der Waals surface area contributed by atoms with Gasteiger partial charge in [-0.25, -0.2) is 4.39 Å². The van der Waals surface area contributed by atoms with Crippen molar-refractivity contribution >= 4 is 5.91 Å². The lowest BCUT2D eigenvalue weighted by Gasteiger charge is -2.24. The van der Waals surface area contributed by atoms with Crippen LogP contribution in [-0.2, 0) is 5.60 Å². The summed E-state index contributed by atoms with van der Waals surface area (Å²) in [5.41, 5.74) is -0.227. The number of benzene rings is 2. The van der Waals surface area contributed by atoms with Gasteiger partial charge in [0.05, 0.1) is 13.7 Å². The molecule has 0 spiro atoms. The Labute approximate surface area is 128 Å². The third-order valence-electron chi connectivity index (χ3n) is 3.40. The summed E-state index contributed by atoms with van der Waals surface area (Å²) in [5.74, 6) is -0.938. The number of carbonyl (C=O) groups is 1. The molecule has 4 nitrogen and oxygen atoms in total. The zero-order valence-electron chi connectivity index (χ0n) is 12.5. The molecule has 0 aliphatic rings. The first-order chi connectivity index (χ1) is 10.4. The van der Waals surface area contributed by atoms with Gasteiger partial charge in [-0.3, -0.25) is 4.79 Å². The number of carbonyl (C=O) groups excluding carboxylic acids is 1. The Balaban J connectivity index is 2.07. The Morgan fingerprint density at radius 1 is 1.27 bits per heavy atom. The number of ether oxygens (including phenoxy) is 1. The SMILES string of the molecule is COc1cc(C(=O)NCC(C)(O)c2ccccc2)ccc1F. The van der Waals surface area contributed by atoms with Gasteiger partial charge in [-0.15, -0.1) is 0 Å². The van der Waals surface area contributed by atoms with Crippen LogP contribution in [0.25, 0.3) is 0 Å². The van der Waals surface area contributed by atoms with Gasteiger partial charge >= 0.3 is 0 Å². The maximum Gasteiger partial charge on any atom is 0.251 e. The summed E-state index contributed by atoms with van der Waals surface area (Å²) in [5, 5.41) is 13.1. The zero-order chi connectivity index (χ0) is 16.2. The van der Waals surface area contributed by atoms with E-state index in [1.807, 2.05) is 18.2 Å². The smallest absolute Gasteiger partial charge is 0.251 e. The van der Waals surface area contributed by atoms with E-state index in [1.165, 1.54) is 25.3 Å². The molecule has 0 bridgehead atoms. The summed E-state index contributed by atoms with van der Waals surface area (Å²) in [6.45, 7) is 1.66. The average Bonchev–Trinajstić information content (AvgIpc) is 2.54. The highest BCUT2D eigenvalue weighted by atomic mass is 19.1. The average molecular weight is 303 g/mol. The summed E-state index contributed by atoms with van der Waals surface area (Å²) in [7, 11) is 1.33. The van der Waals surface area contributed by atoms with Gasteiger partial charge in [-0.2, -0.15) is 0 Å². The Bertz CT molecular complexity index is 656. The van der Waals surface area contributed by atoms with E-state index in [-0.39, 0.29) is 17.9 Å². The summed E-state index contributed by atoms with van der Waals surface area (Å²) in [6, 6.07) is 12.9. The third kappa shape index (κ3) is 3.62. The number of methoxy groups -OCH3 is 1. The van der Waals surface area contributed by atoms with Gasteiger partial charge in [0, 0.05) is 5.56 Å². The Morgan fingerprint density at radius 3 is 2.59 bits per heavy atom. The molecular formula is C17H18FNO3. The van der Waals surface area contributed by atoms with Gasteiger partial charge in [-0.05, 0) is 30.7 Å². The van der Waals surface area contributed by atoms with E-state index in [2.05, 4.69) is 5.32 Å². The van der Waals surface area contributed by atoms with E-state index in [1.54, 1.807) is 19.1 Å². The largest absolute Gasteiger partial charge is 0.494 e. The van der Waals surface area contributed by atoms with Crippen LogP contribution in [0.5, 0.6) is 5.75 Å². The summed E-state index contributed by atoms with van der Waals surface area (Å²) in [6.07, 6.45) is 0. The lowest BCUT2D eigenvalue weighted by molar-refractivity contribution is 0.0526. The van der Waals surface area contributed by atoms with E-state index in [0.717, 1.165) is 0 Å². The van der Waals surface area contributed by atoms with Crippen molar-refractivity contribution in [2.75, 3.05) is 13.7 Å². The standard InChI is InChI=1S/C17H18FNO3/c1-17(21,13-6-4-3-5-7-13)11-19-16(20)12-8-9-14(18)15(10-12)22-2/h3-10,21H,11H2,1-2H3,(H,19,20). The molecule has 2 N–H and O–H groups in total. The van der Waals surface area contributed by atoms with Crippen LogP contribution < -0.4 is 10.1 Å². The predicted molar refractivity (Wildman–Crippen MR) is 81.3 cm³/mol. The molecule has 2 rings (SSSR count). The quantitative estimate of drug-likeness (QED) is 0.892. The van der Waals surface area contributed by atoms with Crippen molar-refractivity contribution in [3.05, 3.63) is 65.5 Å². The first-order valence-corrected chi connectivity index (χ1v) is 6.83. The number of hydrogen-bond acceptors (Lipinski definition) is 3. The van der Waals surface area contributed by atoms with E-state index in [9.17, 15) is 14.3 Å². The zero-order valence-corrected chi connectivity index (χ0v) is 12.5. The number of aliphatic hydroxyl groups is 1. The fraction of sp³-hybridized carbons (Fsp3) is 0.235. The number of rotatable bonds is 5. The molecule has 22 heavy (non-hydrogen) atoms. The predicted octanol–water partition coefficient (Wildman–Crippen LogP) is 2.47. The fourth-order valence-electron chi connectivity index (χ4n) is 2.05.